The van der Waals surface area contributed by atoms with Gasteiger partial charge in [-0.25, -0.2) is 4.79 Å². The molecule has 4 nitrogen and oxygen atoms in total. The fourth-order valence-electron chi connectivity index (χ4n) is 2.21. The number of nitrogens with zero attached hydrogens (tertiary/aromatic N) is 1. The summed E-state index contributed by atoms with van der Waals surface area (Å²) in [5, 5.41) is 9.16. The lowest BCUT2D eigenvalue weighted by molar-refractivity contribution is 0.0692. The maximum Gasteiger partial charge on any atom is 0.339 e. The minimum Gasteiger partial charge on any atom is -0.489 e. The molecule has 0 fully saturated rings. The minimum atomic E-state index is -0.940. The lowest BCUT2D eigenvalue weighted by Crippen LogP contribution is -2.39. The van der Waals surface area contributed by atoms with Crippen LogP contribution in [-0.2, 0) is 0 Å². The van der Waals surface area contributed by atoms with Crippen LogP contribution in [0.2, 0.25) is 0 Å². The van der Waals surface area contributed by atoms with Gasteiger partial charge in [0.2, 0.25) is 0 Å². The number of carboxylic acid groups (broad SMARTS) is 1. The van der Waals surface area contributed by atoms with Gasteiger partial charge in [0.15, 0.2) is 5.75 Å². The molecule has 0 unspecified atom stereocenters. The first kappa shape index (κ1) is 12.7. The molecule has 98 valence electrons. The van der Waals surface area contributed by atoms with Crippen molar-refractivity contribution in [3.8, 4) is 5.75 Å². The third-order valence-corrected chi connectivity index (χ3v) is 2.84. The van der Waals surface area contributed by atoms with Crippen LogP contribution in [0.1, 0.15) is 31.1 Å². The normalized spacial score (nSPS) is 14.9. The van der Waals surface area contributed by atoms with Gasteiger partial charge in [0.25, 0.3) is 0 Å². The molecule has 0 atom stereocenters. The number of ether oxygens (including phenoxy) is 1. The molecule has 0 aromatic heterocycles. The maximum absolute atomic E-state index is 11.2. The first-order valence-electron chi connectivity index (χ1n) is 6.12. The van der Waals surface area contributed by atoms with Crippen molar-refractivity contribution in [3.63, 3.8) is 0 Å². The zero-order valence-electron chi connectivity index (χ0n) is 11.1. The number of carbonyl (C=O) groups is 1. The Bertz CT molecular complexity index is 463. The van der Waals surface area contributed by atoms with Gasteiger partial charge in [0.1, 0.15) is 12.2 Å². The summed E-state index contributed by atoms with van der Waals surface area (Å²) < 4.78 is 5.54. The molecule has 1 aliphatic rings. The predicted octanol–water partition coefficient (Wildman–Crippen LogP) is 2.63. The van der Waals surface area contributed by atoms with Gasteiger partial charge in [-0.2, -0.15) is 0 Å². The third kappa shape index (κ3) is 2.58. The van der Waals surface area contributed by atoms with E-state index in [0.717, 1.165) is 18.8 Å². The standard InChI is InChI=1S/C14H19NO3/c1-14(2,3)9-15-7-8-18-12-10(13(16)17)5-4-6-11(12)15/h4-6H,7-9H2,1-3H3,(H,16,17). The van der Waals surface area contributed by atoms with E-state index in [-0.39, 0.29) is 11.0 Å². The molecular weight excluding hydrogens is 230 g/mol. The molecule has 0 amide bonds. The van der Waals surface area contributed by atoms with Gasteiger partial charge in [0.05, 0.1) is 12.2 Å². The van der Waals surface area contributed by atoms with Crippen LogP contribution in [0.4, 0.5) is 5.69 Å². The summed E-state index contributed by atoms with van der Waals surface area (Å²) in [6, 6.07) is 5.28. The summed E-state index contributed by atoms with van der Waals surface area (Å²) in [7, 11) is 0. The highest BCUT2D eigenvalue weighted by atomic mass is 16.5. The SMILES string of the molecule is CC(C)(C)CN1CCOc2c(C(=O)O)cccc21. The van der Waals surface area contributed by atoms with Crippen LogP contribution in [0.3, 0.4) is 0 Å². The second-order valence-electron chi connectivity index (χ2n) is 5.79. The van der Waals surface area contributed by atoms with Crippen molar-refractivity contribution in [2.45, 2.75) is 20.8 Å². The van der Waals surface area contributed by atoms with Crippen molar-refractivity contribution in [1.82, 2.24) is 0 Å². The van der Waals surface area contributed by atoms with Crippen LogP contribution in [0.5, 0.6) is 5.75 Å². The molecule has 4 heteroatoms. The number of benzene rings is 1. The Labute approximate surface area is 107 Å². The molecule has 1 aromatic carbocycles. The summed E-state index contributed by atoms with van der Waals surface area (Å²) >= 11 is 0. The highest BCUT2D eigenvalue weighted by molar-refractivity contribution is 5.93. The van der Waals surface area contributed by atoms with E-state index in [4.69, 9.17) is 9.84 Å². The molecule has 2 rings (SSSR count). The molecule has 1 aromatic rings. The summed E-state index contributed by atoms with van der Waals surface area (Å²) in [5.41, 5.74) is 1.29. The molecule has 1 N–H and O–H groups in total. The van der Waals surface area contributed by atoms with Crippen molar-refractivity contribution in [1.29, 1.82) is 0 Å². The topological polar surface area (TPSA) is 49.8 Å². The number of anilines is 1. The van der Waals surface area contributed by atoms with Gasteiger partial charge < -0.3 is 14.7 Å². The Morgan fingerprint density at radius 1 is 1.44 bits per heavy atom. The summed E-state index contributed by atoms with van der Waals surface area (Å²) in [4.78, 5) is 13.4. The van der Waals surface area contributed by atoms with Crippen molar-refractivity contribution >= 4 is 11.7 Å². The molecule has 0 radical (unpaired) electrons. The van der Waals surface area contributed by atoms with Gasteiger partial charge in [0, 0.05) is 6.54 Å². The average Bonchev–Trinajstić information content (AvgIpc) is 2.26. The first-order valence-corrected chi connectivity index (χ1v) is 6.12. The van der Waals surface area contributed by atoms with Gasteiger partial charge in [-0.1, -0.05) is 26.8 Å². The van der Waals surface area contributed by atoms with E-state index in [9.17, 15) is 4.79 Å². The molecule has 0 aliphatic carbocycles. The number of hydrogen-bond acceptors (Lipinski definition) is 3. The fourth-order valence-corrected chi connectivity index (χ4v) is 2.21. The van der Waals surface area contributed by atoms with Crippen LogP contribution < -0.4 is 9.64 Å². The van der Waals surface area contributed by atoms with Crippen LogP contribution >= 0.6 is 0 Å². The van der Waals surface area contributed by atoms with Crippen LogP contribution in [0, 0.1) is 5.41 Å². The Balaban J connectivity index is 2.38. The zero-order valence-corrected chi connectivity index (χ0v) is 11.1. The van der Waals surface area contributed by atoms with Crippen LogP contribution in [-0.4, -0.2) is 30.8 Å². The monoisotopic (exact) mass is 249 g/mol. The van der Waals surface area contributed by atoms with Crippen LogP contribution in [0.25, 0.3) is 0 Å². The van der Waals surface area contributed by atoms with Crippen molar-refractivity contribution in [3.05, 3.63) is 23.8 Å². The largest absolute Gasteiger partial charge is 0.489 e. The smallest absolute Gasteiger partial charge is 0.339 e. The molecule has 0 bridgehead atoms. The number of rotatable bonds is 2. The number of hydrogen-bond donors (Lipinski definition) is 1. The quantitative estimate of drug-likeness (QED) is 0.875. The van der Waals surface area contributed by atoms with Crippen molar-refractivity contribution in [2.24, 2.45) is 5.41 Å². The van der Waals surface area contributed by atoms with Crippen molar-refractivity contribution < 1.29 is 14.6 Å². The Morgan fingerprint density at radius 3 is 2.78 bits per heavy atom. The second kappa shape index (κ2) is 4.52. The Morgan fingerprint density at radius 2 is 2.17 bits per heavy atom. The lowest BCUT2D eigenvalue weighted by atomic mass is 9.95. The van der Waals surface area contributed by atoms with Gasteiger partial charge in [-0.15, -0.1) is 0 Å². The average molecular weight is 249 g/mol. The fraction of sp³-hybridized carbons (Fsp3) is 0.500. The Kier molecular flexibility index (Phi) is 3.20. The minimum absolute atomic E-state index is 0.161. The first-order chi connectivity index (χ1) is 8.38. The molecule has 0 spiro atoms. The molecule has 1 heterocycles. The molecular formula is C14H19NO3. The molecule has 0 saturated heterocycles. The highest BCUT2D eigenvalue weighted by Gasteiger charge is 2.26. The van der Waals surface area contributed by atoms with E-state index in [2.05, 4.69) is 25.7 Å². The van der Waals surface area contributed by atoms with E-state index in [1.54, 1.807) is 12.1 Å². The van der Waals surface area contributed by atoms with Gasteiger partial charge >= 0.3 is 5.97 Å². The number of carboxylic acids is 1. The van der Waals surface area contributed by atoms with Crippen LogP contribution in [0.15, 0.2) is 18.2 Å². The van der Waals surface area contributed by atoms with Crippen molar-refractivity contribution in [2.75, 3.05) is 24.6 Å². The predicted molar refractivity (Wildman–Crippen MR) is 70.6 cm³/mol. The lowest BCUT2D eigenvalue weighted by Gasteiger charge is -2.36. The van der Waals surface area contributed by atoms with E-state index in [0.29, 0.717) is 12.4 Å². The Hall–Kier alpha value is -1.71. The number of para-hydroxylation sites is 1. The zero-order chi connectivity index (χ0) is 13.3. The number of fused-ring (bicyclic) bond motifs is 1. The highest BCUT2D eigenvalue weighted by Crippen LogP contribution is 2.36. The number of aromatic carboxylic acids is 1. The second-order valence-corrected chi connectivity index (χ2v) is 5.79. The van der Waals surface area contributed by atoms with E-state index >= 15 is 0 Å². The molecule has 0 saturated carbocycles. The van der Waals surface area contributed by atoms with Gasteiger partial charge in [-0.3, -0.25) is 0 Å². The maximum atomic E-state index is 11.2. The summed E-state index contributed by atoms with van der Waals surface area (Å²) in [6.07, 6.45) is 0. The van der Waals surface area contributed by atoms with E-state index in [1.807, 2.05) is 6.07 Å². The third-order valence-electron chi connectivity index (χ3n) is 2.84. The van der Waals surface area contributed by atoms with E-state index in [1.165, 1.54) is 0 Å². The van der Waals surface area contributed by atoms with E-state index < -0.39 is 5.97 Å². The molecule has 1 aliphatic heterocycles. The van der Waals surface area contributed by atoms with Gasteiger partial charge in [-0.05, 0) is 17.5 Å². The molecule has 18 heavy (non-hydrogen) atoms. The summed E-state index contributed by atoms with van der Waals surface area (Å²) in [5.74, 6) is -0.440. The summed E-state index contributed by atoms with van der Waals surface area (Å²) in [6.45, 7) is 8.72.